The maximum Gasteiger partial charge on any atom is 0.328 e. The highest BCUT2D eigenvalue weighted by Crippen LogP contribution is 2.16. The first-order chi connectivity index (χ1) is 10.0. The van der Waals surface area contributed by atoms with E-state index >= 15 is 0 Å². The lowest BCUT2D eigenvalue weighted by atomic mass is 10.1. The van der Waals surface area contributed by atoms with Crippen LogP contribution in [-0.2, 0) is 16.0 Å². The van der Waals surface area contributed by atoms with Crippen LogP contribution in [-0.4, -0.2) is 17.0 Å². The van der Waals surface area contributed by atoms with Crippen LogP contribution >= 0.6 is 11.3 Å². The molecule has 1 amide bonds. The van der Waals surface area contributed by atoms with Crippen LogP contribution in [0.3, 0.4) is 0 Å². The van der Waals surface area contributed by atoms with Gasteiger partial charge >= 0.3 is 5.97 Å². The third-order valence-corrected chi connectivity index (χ3v) is 3.37. The molecule has 2 N–H and O–H groups in total. The minimum absolute atomic E-state index is 0.147. The van der Waals surface area contributed by atoms with E-state index in [9.17, 15) is 14.0 Å². The number of hydrogen-bond acceptors (Lipinski definition) is 3. The molecular weight excluding hydrogens is 293 g/mol. The highest BCUT2D eigenvalue weighted by atomic mass is 32.1. The Hall–Kier alpha value is -2.47. The van der Waals surface area contributed by atoms with Gasteiger partial charge in [-0.3, -0.25) is 4.79 Å². The largest absolute Gasteiger partial charge is 0.478 e. The zero-order chi connectivity index (χ0) is 15.2. The second-order valence-electron chi connectivity index (χ2n) is 4.26. The monoisotopic (exact) mass is 305 g/mol. The fourth-order valence-electron chi connectivity index (χ4n) is 1.68. The Bertz CT molecular complexity index is 680. The summed E-state index contributed by atoms with van der Waals surface area (Å²) in [6.45, 7) is 0. The van der Waals surface area contributed by atoms with Crippen molar-refractivity contribution >= 4 is 35.0 Å². The number of hydrogen-bond donors (Lipinski definition) is 2. The molecule has 6 heteroatoms. The number of halogens is 1. The van der Waals surface area contributed by atoms with Crippen LogP contribution in [0, 0.1) is 5.82 Å². The summed E-state index contributed by atoms with van der Waals surface area (Å²) in [6.07, 6.45) is 2.24. The molecule has 0 fully saturated rings. The van der Waals surface area contributed by atoms with Crippen LogP contribution in [0.15, 0.2) is 41.1 Å². The van der Waals surface area contributed by atoms with Gasteiger partial charge in [-0.15, -0.1) is 0 Å². The van der Waals surface area contributed by atoms with Crippen molar-refractivity contribution in [3.63, 3.8) is 0 Å². The SMILES string of the molecule is O=C(O)C=Cc1ccc(NC(=O)Cc2ccsc2)cc1F. The van der Waals surface area contributed by atoms with Gasteiger partial charge in [0.25, 0.3) is 0 Å². The standard InChI is InChI=1S/C15H12FNO3S/c16-13-8-12(3-1-11(13)2-4-15(19)20)17-14(18)7-10-5-6-21-9-10/h1-6,8-9H,7H2,(H,17,18)(H,19,20). The number of aliphatic carboxylic acids is 1. The minimum Gasteiger partial charge on any atom is -0.478 e. The number of thiophene rings is 1. The smallest absolute Gasteiger partial charge is 0.328 e. The number of nitrogens with one attached hydrogen (secondary N) is 1. The first kappa shape index (κ1) is 14.9. The molecule has 0 atom stereocenters. The van der Waals surface area contributed by atoms with Crippen LogP contribution in [0.5, 0.6) is 0 Å². The van der Waals surface area contributed by atoms with Crippen LogP contribution in [0.1, 0.15) is 11.1 Å². The van der Waals surface area contributed by atoms with Crippen molar-refractivity contribution in [1.82, 2.24) is 0 Å². The molecule has 21 heavy (non-hydrogen) atoms. The summed E-state index contributed by atoms with van der Waals surface area (Å²) in [4.78, 5) is 22.2. The van der Waals surface area contributed by atoms with E-state index < -0.39 is 11.8 Å². The van der Waals surface area contributed by atoms with Crippen LogP contribution in [0.25, 0.3) is 6.08 Å². The van der Waals surface area contributed by atoms with Gasteiger partial charge in [0.1, 0.15) is 5.82 Å². The summed E-state index contributed by atoms with van der Waals surface area (Å²) < 4.78 is 13.7. The van der Waals surface area contributed by atoms with E-state index in [-0.39, 0.29) is 17.9 Å². The summed E-state index contributed by atoms with van der Waals surface area (Å²) in [5.41, 5.74) is 1.38. The Kier molecular flexibility index (Phi) is 4.84. The number of anilines is 1. The van der Waals surface area contributed by atoms with E-state index in [1.54, 1.807) is 0 Å². The molecule has 0 saturated carbocycles. The van der Waals surface area contributed by atoms with Gasteiger partial charge < -0.3 is 10.4 Å². The van der Waals surface area contributed by atoms with Crippen molar-refractivity contribution in [3.8, 4) is 0 Å². The first-order valence-corrected chi connectivity index (χ1v) is 7.00. The minimum atomic E-state index is -1.15. The van der Waals surface area contributed by atoms with Crippen LogP contribution in [0.4, 0.5) is 10.1 Å². The Morgan fingerprint density at radius 2 is 2.14 bits per heavy atom. The lowest BCUT2D eigenvalue weighted by Crippen LogP contribution is -2.14. The lowest BCUT2D eigenvalue weighted by molar-refractivity contribution is -0.131. The van der Waals surface area contributed by atoms with Gasteiger partial charge in [-0.05, 0) is 46.7 Å². The molecule has 0 aliphatic heterocycles. The number of carbonyl (C=O) groups is 2. The summed E-state index contributed by atoms with van der Waals surface area (Å²) in [7, 11) is 0. The second-order valence-corrected chi connectivity index (χ2v) is 5.04. The molecule has 0 radical (unpaired) electrons. The van der Waals surface area contributed by atoms with Gasteiger partial charge in [-0.1, -0.05) is 0 Å². The summed E-state index contributed by atoms with van der Waals surface area (Å²) in [5, 5.41) is 14.9. The van der Waals surface area contributed by atoms with E-state index in [4.69, 9.17) is 5.11 Å². The van der Waals surface area contributed by atoms with E-state index in [0.717, 1.165) is 23.8 Å². The van der Waals surface area contributed by atoms with Crippen molar-refractivity contribution in [3.05, 3.63) is 58.0 Å². The van der Waals surface area contributed by atoms with E-state index in [1.165, 1.54) is 23.5 Å². The van der Waals surface area contributed by atoms with E-state index in [0.29, 0.717) is 5.69 Å². The Morgan fingerprint density at radius 3 is 2.76 bits per heavy atom. The van der Waals surface area contributed by atoms with Crippen LogP contribution < -0.4 is 5.32 Å². The number of carboxylic acids is 1. The van der Waals surface area contributed by atoms with Crippen molar-refractivity contribution in [2.24, 2.45) is 0 Å². The number of carboxylic acid groups (broad SMARTS) is 1. The lowest BCUT2D eigenvalue weighted by Gasteiger charge is -2.06. The first-order valence-electron chi connectivity index (χ1n) is 6.06. The molecule has 108 valence electrons. The molecule has 2 aromatic rings. The van der Waals surface area contributed by atoms with Crippen molar-refractivity contribution in [1.29, 1.82) is 0 Å². The molecule has 1 aromatic heterocycles. The Morgan fingerprint density at radius 1 is 1.33 bits per heavy atom. The fourth-order valence-corrected chi connectivity index (χ4v) is 2.35. The molecular formula is C15H12FNO3S. The van der Waals surface area contributed by atoms with Gasteiger partial charge in [0.2, 0.25) is 5.91 Å². The van der Waals surface area contributed by atoms with Gasteiger partial charge in [0, 0.05) is 17.3 Å². The van der Waals surface area contributed by atoms with Crippen molar-refractivity contribution in [2.45, 2.75) is 6.42 Å². The third-order valence-electron chi connectivity index (χ3n) is 2.63. The van der Waals surface area contributed by atoms with E-state index in [1.807, 2.05) is 16.8 Å². The fraction of sp³-hybridized carbons (Fsp3) is 0.0667. The average molecular weight is 305 g/mol. The zero-order valence-electron chi connectivity index (χ0n) is 10.9. The number of benzene rings is 1. The quantitative estimate of drug-likeness (QED) is 0.834. The van der Waals surface area contributed by atoms with Crippen molar-refractivity contribution in [2.75, 3.05) is 5.32 Å². The Balaban J connectivity index is 2.03. The second kappa shape index (κ2) is 6.81. The number of carbonyl (C=O) groups excluding carboxylic acids is 1. The molecule has 0 aliphatic carbocycles. The highest BCUT2D eigenvalue weighted by molar-refractivity contribution is 7.08. The molecule has 0 bridgehead atoms. The predicted molar refractivity (Wildman–Crippen MR) is 79.7 cm³/mol. The number of amides is 1. The maximum absolute atomic E-state index is 13.7. The molecule has 0 spiro atoms. The van der Waals surface area contributed by atoms with Gasteiger partial charge in [0.15, 0.2) is 0 Å². The molecule has 2 rings (SSSR count). The molecule has 1 heterocycles. The molecule has 1 aromatic carbocycles. The maximum atomic E-state index is 13.7. The zero-order valence-corrected chi connectivity index (χ0v) is 11.7. The molecule has 4 nitrogen and oxygen atoms in total. The predicted octanol–water partition coefficient (Wildman–Crippen LogP) is 3.17. The van der Waals surface area contributed by atoms with Crippen LogP contribution in [0.2, 0.25) is 0 Å². The topological polar surface area (TPSA) is 66.4 Å². The summed E-state index contributed by atoms with van der Waals surface area (Å²) in [6, 6.07) is 5.95. The summed E-state index contributed by atoms with van der Waals surface area (Å²) in [5.74, 6) is -1.98. The van der Waals surface area contributed by atoms with Gasteiger partial charge in [0.05, 0.1) is 6.42 Å². The van der Waals surface area contributed by atoms with Gasteiger partial charge in [-0.25, -0.2) is 9.18 Å². The average Bonchev–Trinajstić information content (AvgIpc) is 2.90. The molecule has 0 unspecified atom stereocenters. The normalized spacial score (nSPS) is 10.7. The highest BCUT2D eigenvalue weighted by Gasteiger charge is 2.07. The van der Waals surface area contributed by atoms with E-state index in [2.05, 4.69) is 5.32 Å². The summed E-state index contributed by atoms with van der Waals surface area (Å²) >= 11 is 1.50. The van der Waals surface area contributed by atoms with Gasteiger partial charge in [-0.2, -0.15) is 11.3 Å². The third kappa shape index (κ3) is 4.54. The van der Waals surface area contributed by atoms with Crippen molar-refractivity contribution < 1.29 is 19.1 Å². The molecule has 0 aliphatic rings. The Labute approximate surface area is 124 Å². The number of rotatable bonds is 5. The molecule has 0 saturated heterocycles.